The van der Waals surface area contributed by atoms with Crippen LogP contribution in [0.1, 0.15) is 16.8 Å². The molecule has 0 spiro atoms. The molecule has 0 aromatic carbocycles. The number of alkyl halides is 2. The molecule has 24 heavy (non-hydrogen) atoms. The molecule has 3 heterocycles. The maximum atomic E-state index is 13.8. The summed E-state index contributed by atoms with van der Waals surface area (Å²) >= 11 is 0. The van der Waals surface area contributed by atoms with Crippen molar-refractivity contribution in [3.63, 3.8) is 0 Å². The van der Waals surface area contributed by atoms with Crippen LogP contribution in [-0.2, 0) is 0 Å². The highest BCUT2D eigenvalue weighted by Crippen LogP contribution is 2.35. The predicted molar refractivity (Wildman–Crippen MR) is 85.4 cm³/mol. The Morgan fingerprint density at radius 3 is 2.75 bits per heavy atom. The third-order valence-corrected chi connectivity index (χ3v) is 4.63. The molecule has 1 amide bonds. The van der Waals surface area contributed by atoms with Crippen molar-refractivity contribution in [2.24, 2.45) is 0 Å². The summed E-state index contributed by atoms with van der Waals surface area (Å²) < 4.78 is 27.6. The zero-order chi connectivity index (χ0) is 17.5. The first-order valence-electron chi connectivity index (χ1n) is 8.01. The highest BCUT2D eigenvalue weighted by atomic mass is 19.3. The van der Waals surface area contributed by atoms with Gasteiger partial charge < -0.3 is 14.8 Å². The van der Waals surface area contributed by atoms with Gasteiger partial charge in [0.05, 0.1) is 6.54 Å². The number of aromatic amines is 1. The van der Waals surface area contributed by atoms with E-state index in [0.29, 0.717) is 25.2 Å². The number of nitrogens with one attached hydrogen (secondary N) is 1. The van der Waals surface area contributed by atoms with Crippen LogP contribution in [0.5, 0.6) is 0 Å². The van der Waals surface area contributed by atoms with Gasteiger partial charge >= 0.3 is 0 Å². The molecule has 6 nitrogen and oxygen atoms in total. The smallest absolute Gasteiger partial charge is 0.262 e. The number of carbonyl (C=O) groups is 1. The quantitative estimate of drug-likeness (QED) is 0.866. The lowest BCUT2D eigenvalue weighted by Gasteiger charge is -2.46. The lowest BCUT2D eigenvalue weighted by Crippen LogP contribution is -2.63. The van der Waals surface area contributed by atoms with Crippen molar-refractivity contribution in [1.82, 2.24) is 19.7 Å². The minimum atomic E-state index is -2.67. The zero-order valence-electron chi connectivity index (χ0n) is 13.8. The van der Waals surface area contributed by atoms with Crippen molar-refractivity contribution in [2.75, 3.05) is 40.3 Å². The molecule has 1 N–H and O–H groups in total. The molecule has 2 fully saturated rings. The van der Waals surface area contributed by atoms with E-state index in [2.05, 4.69) is 4.98 Å². The molecule has 8 heteroatoms. The Labute approximate surface area is 139 Å². The lowest BCUT2D eigenvalue weighted by molar-refractivity contribution is -0.0114. The van der Waals surface area contributed by atoms with Crippen molar-refractivity contribution < 1.29 is 13.6 Å². The number of hydrogen-bond acceptors (Lipinski definition) is 4. The van der Waals surface area contributed by atoms with Crippen molar-refractivity contribution >= 4 is 5.91 Å². The van der Waals surface area contributed by atoms with Crippen LogP contribution in [0.15, 0.2) is 23.1 Å². The van der Waals surface area contributed by atoms with Crippen LogP contribution in [0.4, 0.5) is 8.78 Å². The number of likely N-dealkylation sites (tertiary alicyclic amines) is 2. The second kappa shape index (κ2) is 6.25. The van der Waals surface area contributed by atoms with E-state index in [1.54, 1.807) is 11.0 Å². The first-order chi connectivity index (χ1) is 11.2. The number of halogens is 2. The predicted octanol–water partition coefficient (Wildman–Crippen LogP) is 0.470. The highest BCUT2D eigenvalue weighted by molar-refractivity contribution is 5.94. The first-order valence-corrected chi connectivity index (χ1v) is 8.01. The molecular weight excluding hydrogens is 318 g/mol. The van der Waals surface area contributed by atoms with E-state index in [1.807, 2.05) is 23.9 Å². The third kappa shape index (κ3) is 3.49. The molecule has 0 saturated carbocycles. The minimum Gasteiger partial charge on any atom is -0.335 e. The summed E-state index contributed by atoms with van der Waals surface area (Å²) in [5, 5.41) is 0. The number of nitrogens with zero attached hydrogens (tertiary/aromatic N) is 3. The van der Waals surface area contributed by atoms with Gasteiger partial charge in [0.2, 0.25) is 5.56 Å². The average Bonchev–Trinajstić information content (AvgIpc) is 2.71. The third-order valence-electron chi connectivity index (χ3n) is 4.63. The summed E-state index contributed by atoms with van der Waals surface area (Å²) in [7, 11) is 3.75. The van der Waals surface area contributed by atoms with Gasteiger partial charge in [0.25, 0.3) is 11.8 Å². The molecule has 1 atom stereocenters. The van der Waals surface area contributed by atoms with Gasteiger partial charge in [0.1, 0.15) is 0 Å². The van der Waals surface area contributed by atoms with E-state index in [4.69, 9.17) is 0 Å². The summed E-state index contributed by atoms with van der Waals surface area (Å²) in [6.45, 7) is 1.18. The fourth-order valence-electron chi connectivity index (χ4n) is 3.53. The largest absolute Gasteiger partial charge is 0.335 e. The second-order valence-corrected chi connectivity index (χ2v) is 6.95. The van der Waals surface area contributed by atoms with Crippen molar-refractivity contribution in [3.8, 4) is 0 Å². The molecule has 2 aliphatic rings. The number of carbonyl (C=O) groups excluding carboxylic acids is 1. The zero-order valence-corrected chi connectivity index (χ0v) is 13.8. The Bertz CT molecular complexity index is 670. The molecule has 2 aliphatic heterocycles. The van der Waals surface area contributed by atoms with Crippen LogP contribution >= 0.6 is 0 Å². The molecule has 0 bridgehead atoms. The van der Waals surface area contributed by atoms with Crippen LogP contribution in [0.2, 0.25) is 0 Å². The SMILES string of the molecule is CN(C)C[C@@H]1CC(F)(F)CN1C1CN(C(=O)c2cc[nH]c(=O)c2)C1. The van der Waals surface area contributed by atoms with Gasteiger partial charge in [0, 0.05) is 56.0 Å². The summed E-state index contributed by atoms with van der Waals surface area (Å²) in [6, 6.07) is 2.57. The normalized spacial score (nSPS) is 24.4. The molecule has 3 rings (SSSR count). The topological polar surface area (TPSA) is 59.6 Å². The van der Waals surface area contributed by atoms with E-state index in [1.165, 1.54) is 12.3 Å². The first kappa shape index (κ1) is 17.0. The summed E-state index contributed by atoms with van der Waals surface area (Å²) in [6.07, 6.45) is 1.30. The molecule has 132 valence electrons. The highest BCUT2D eigenvalue weighted by Gasteiger charge is 2.50. The van der Waals surface area contributed by atoms with Crippen LogP contribution in [0.25, 0.3) is 0 Å². The molecule has 1 aromatic heterocycles. The van der Waals surface area contributed by atoms with Gasteiger partial charge in [0.15, 0.2) is 0 Å². The van der Waals surface area contributed by atoms with Crippen molar-refractivity contribution in [3.05, 3.63) is 34.2 Å². The van der Waals surface area contributed by atoms with Gasteiger partial charge in [-0.15, -0.1) is 0 Å². The van der Waals surface area contributed by atoms with Crippen LogP contribution < -0.4 is 5.56 Å². The molecular formula is C16H22F2N4O2. The van der Waals surface area contributed by atoms with E-state index in [0.717, 1.165) is 0 Å². The number of likely N-dealkylation sites (N-methyl/N-ethyl adjacent to an activating group) is 1. The molecule has 0 unspecified atom stereocenters. The number of hydrogen-bond donors (Lipinski definition) is 1. The lowest BCUT2D eigenvalue weighted by atomic mass is 10.0. The Kier molecular flexibility index (Phi) is 4.44. The van der Waals surface area contributed by atoms with Gasteiger partial charge in [-0.25, -0.2) is 8.78 Å². The average molecular weight is 340 g/mol. The Hall–Kier alpha value is -1.80. The standard InChI is InChI=1S/C16H22F2N4O2/c1-20(2)7-12-6-16(17,18)10-22(12)13-8-21(9-13)15(24)11-3-4-19-14(23)5-11/h3-5,12-13H,6-10H2,1-2H3,(H,19,23)/t12-/m0/s1. The van der Waals surface area contributed by atoms with Crippen molar-refractivity contribution in [2.45, 2.75) is 24.4 Å². The van der Waals surface area contributed by atoms with Crippen LogP contribution in [0.3, 0.4) is 0 Å². The van der Waals surface area contributed by atoms with Crippen LogP contribution in [0, 0.1) is 0 Å². The summed E-state index contributed by atoms with van der Waals surface area (Å²) in [5.41, 5.74) is -0.00283. The summed E-state index contributed by atoms with van der Waals surface area (Å²) in [4.78, 5) is 31.4. The number of H-pyrrole nitrogens is 1. The summed E-state index contributed by atoms with van der Waals surface area (Å²) in [5.74, 6) is -2.90. The van der Waals surface area contributed by atoms with E-state index in [9.17, 15) is 18.4 Å². The van der Waals surface area contributed by atoms with Crippen molar-refractivity contribution in [1.29, 1.82) is 0 Å². The van der Waals surface area contributed by atoms with Gasteiger partial charge in [-0.2, -0.15) is 0 Å². The molecule has 2 saturated heterocycles. The molecule has 0 radical (unpaired) electrons. The number of aromatic nitrogens is 1. The van der Waals surface area contributed by atoms with Gasteiger partial charge in [-0.3, -0.25) is 14.5 Å². The monoisotopic (exact) mass is 340 g/mol. The van der Waals surface area contributed by atoms with Crippen LogP contribution in [-0.4, -0.2) is 83.9 Å². The Morgan fingerprint density at radius 2 is 2.12 bits per heavy atom. The maximum absolute atomic E-state index is 13.8. The van der Waals surface area contributed by atoms with E-state index < -0.39 is 5.92 Å². The Morgan fingerprint density at radius 1 is 1.42 bits per heavy atom. The number of pyridine rings is 1. The molecule has 1 aromatic rings. The van der Waals surface area contributed by atoms with Gasteiger partial charge in [-0.05, 0) is 20.2 Å². The van der Waals surface area contributed by atoms with E-state index in [-0.39, 0.29) is 36.5 Å². The second-order valence-electron chi connectivity index (χ2n) is 6.95. The number of amides is 1. The number of rotatable bonds is 4. The van der Waals surface area contributed by atoms with Gasteiger partial charge in [-0.1, -0.05) is 0 Å². The fourth-order valence-corrected chi connectivity index (χ4v) is 3.53. The fraction of sp³-hybridized carbons (Fsp3) is 0.625. The Balaban J connectivity index is 1.62. The van der Waals surface area contributed by atoms with E-state index >= 15 is 0 Å². The maximum Gasteiger partial charge on any atom is 0.262 e. The minimum absolute atomic E-state index is 0.0470. The molecule has 0 aliphatic carbocycles.